The lowest BCUT2D eigenvalue weighted by Gasteiger charge is -2.19. The average molecular weight is 331 g/mol. The minimum absolute atomic E-state index is 0. The molecule has 0 bridgehead atoms. The first-order valence-corrected chi connectivity index (χ1v) is 7.95. The first kappa shape index (κ1) is 20.3. The second-order valence-corrected chi connectivity index (χ2v) is 7.03. The molecule has 21 heavy (non-hydrogen) atoms. The maximum Gasteiger partial charge on any atom is 0.232 e. The van der Waals surface area contributed by atoms with E-state index in [1.807, 2.05) is 14.1 Å². The maximum absolute atomic E-state index is 11.9. The van der Waals surface area contributed by atoms with Crippen LogP contribution in [0.15, 0.2) is 29.2 Å². The van der Waals surface area contributed by atoms with Gasteiger partial charge < -0.3 is 10.2 Å². The molecular formula is C16H27ClN2OS. The molecule has 120 valence electrons. The van der Waals surface area contributed by atoms with E-state index in [1.54, 1.807) is 16.7 Å². The minimum Gasteiger partial charge on any atom is -0.344 e. The Labute approximate surface area is 139 Å². The number of amides is 1. The monoisotopic (exact) mass is 330 g/mol. The highest BCUT2D eigenvalue weighted by Gasteiger charge is 2.13. The average Bonchev–Trinajstić information content (AvgIpc) is 2.41. The number of nitrogens with zero attached hydrogens (tertiary/aromatic N) is 1. The molecule has 0 heterocycles. The van der Waals surface area contributed by atoms with Crippen molar-refractivity contribution in [2.24, 2.45) is 0 Å². The molecule has 0 saturated heterocycles. The Bertz CT molecular complexity index is 429. The fraction of sp³-hybridized carbons (Fsp3) is 0.562. The molecule has 0 unspecified atom stereocenters. The molecule has 5 heteroatoms. The van der Waals surface area contributed by atoms with Crippen molar-refractivity contribution in [3.05, 3.63) is 29.8 Å². The van der Waals surface area contributed by atoms with Crippen LogP contribution in [-0.2, 0) is 10.2 Å². The van der Waals surface area contributed by atoms with Crippen LogP contribution in [0.5, 0.6) is 0 Å². The third kappa shape index (κ3) is 7.21. The number of rotatable bonds is 6. The Morgan fingerprint density at radius 2 is 1.81 bits per heavy atom. The Balaban J connectivity index is 0.00000400. The van der Waals surface area contributed by atoms with Crippen LogP contribution in [0.25, 0.3) is 0 Å². The lowest BCUT2D eigenvalue weighted by atomic mass is 9.87. The van der Waals surface area contributed by atoms with Gasteiger partial charge in [0.2, 0.25) is 5.91 Å². The molecular weight excluding hydrogens is 304 g/mol. The molecule has 1 amide bonds. The second-order valence-electron chi connectivity index (χ2n) is 5.98. The molecule has 0 fully saturated rings. The zero-order valence-corrected chi connectivity index (χ0v) is 15.2. The summed E-state index contributed by atoms with van der Waals surface area (Å²) in [6.07, 6.45) is 0. The summed E-state index contributed by atoms with van der Waals surface area (Å²) in [5.74, 6) is 0.667. The normalized spacial score (nSPS) is 10.9. The number of likely N-dealkylation sites (N-methyl/N-ethyl adjacent to an activating group) is 2. The van der Waals surface area contributed by atoms with E-state index in [4.69, 9.17) is 0 Å². The summed E-state index contributed by atoms with van der Waals surface area (Å²) in [4.78, 5) is 14.8. The second kappa shape index (κ2) is 9.34. The zero-order chi connectivity index (χ0) is 15.2. The van der Waals surface area contributed by atoms with Crippen molar-refractivity contribution in [2.45, 2.75) is 31.1 Å². The fourth-order valence-electron chi connectivity index (χ4n) is 1.71. The van der Waals surface area contributed by atoms with E-state index in [9.17, 15) is 4.79 Å². The van der Waals surface area contributed by atoms with Crippen LogP contribution in [0.1, 0.15) is 26.3 Å². The number of carbonyl (C=O) groups is 1. The van der Waals surface area contributed by atoms with Gasteiger partial charge in [-0.05, 0) is 30.2 Å². The molecule has 0 spiro atoms. The van der Waals surface area contributed by atoms with E-state index < -0.39 is 0 Å². The van der Waals surface area contributed by atoms with Gasteiger partial charge in [-0.1, -0.05) is 32.9 Å². The number of thioether (sulfide) groups is 1. The molecule has 0 radical (unpaired) electrons. The van der Waals surface area contributed by atoms with Gasteiger partial charge in [-0.2, -0.15) is 0 Å². The third-order valence-electron chi connectivity index (χ3n) is 3.21. The van der Waals surface area contributed by atoms with Gasteiger partial charge in [0.05, 0.1) is 5.75 Å². The summed E-state index contributed by atoms with van der Waals surface area (Å²) in [5, 5.41) is 3.05. The van der Waals surface area contributed by atoms with Crippen LogP contribution in [0, 0.1) is 0 Å². The van der Waals surface area contributed by atoms with Crippen LogP contribution >= 0.6 is 24.2 Å². The molecule has 1 rings (SSSR count). The Morgan fingerprint density at radius 3 is 2.29 bits per heavy atom. The highest BCUT2D eigenvalue weighted by molar-refractivity contribution is 8.00. The van der Waals surface area contributed by atoms with Gasteiger partial charge in [0.25, 0.3) is 0 Å². The van der Waals surface area contributed by atoms with E-state index >= 15 is 0 Å². The first-order valence-electron chi connectivity index (χ1n) is 6.96. The van der Waals surface area contributed by atoms with Crippen molar-refractivity contribution < 1.29 is 4.79 Å². The predicted molar refractivity (Wildman–Crippen MR) is 94.7 cm³/mol. The number of hydrogen-bond acceptors (Lipinski definition) is 3. The van der Waals surface area contributed by atoms with Crippen molar-refractivity contribution in [1.29, 1.82) is 0 Å². The number of carbonyl (C=O) groups excluding carboxylic acids is 1. The van der Waals surface area contributed by atoms with Crippen molar-refractivity contribution in [3.63, 3.8) is 0 Å². The number of nitrogens with one attached hydrogen (secondary N) is 1. The van der Waals surface area contributed by atoms with Crippen molar-refractivity contribution >= 4 is 30.1 Å². The first-order chi connectivity index (χ1) is 9.34. The molecule has 0 aliphatic carbocycles. The maximum atomic E-state index is 11.9. The lowest BCUT2D eigenvalue weighted by Crippen LogP contribution is -2.33. The Morgan fingerprint density at radius 1 is 1.24 bits per heavy atom. The van der Waals surface area contributed by atoms with Crippen LogP contribution in [-0.4, -0.2) is 43.7 Å². The highest BCUT2D eigenvalue weighted by Crippen LogP contribution is 2.25. The third-order valence-corrected chi connectivity index (χ3v) is 4.20. The zero-order valence-electron chi connectivity index (χ0n) is 13.6. The minimum atomic E-state index is 0. The number of halogens is 1. The lowest BCUT2D eigenvalue weighted by molar-refractivity contribution is -0.127. The van der Waals surface area contributed by atoms with E-state index in [0.29, 0.717) is 5.75 Å². The van der Waals surface area contributed by atoms with Crippen molar-refractivity contribution in [2.75, 3.05) is 32.9 Å². The van der Waals surface area contributed by atoms with Gasteiger partial charge in [0.1, 0.15) is 0 Å². The molecule has 0 aliphatic rings. The summed E-state index contributed by atoms with van der Waals surface area (Å²) in [6, 6.07) is 8.51. The van der Waals surface area contributed by atoms with Crippen molar-refractivity contribution in [3.8, 4) is 0 Å². The SMILES string of the molecule is CNCCN(C)C(=O)CSc1ccc(C(C)(C)C)cc1.Cl. The summed E-state index contributed by atoms with van der Waals surface area (Å²) < 4.78 is 0. The van der Waals surface area contributed by atoms with Gasteiger partial charge in [0.15, 0.2) is 0 Å². The topological polar surface area (TPSA) is 32.3 Å². The smallest absolute Gasteiger partial charge is 0.232 e. The van der Waals surface area contributed by atoms with E-state index in [-0.39, 0.29) is 23.7 Å². The summed E-state index contributed by atoms with van der Waals surface area (Å²) in [5.41, 5.74) is 1.49. The van der Waals surface area contributed by atoms with Gasteiger partial charge in [-0.3, -0.25) is 4.79 Å². The standard InChI is InChI=1S/C16H26N2OS.ClH/c1-16(2,3)13-6-8-14(9-7-13)20-12-15(19)18(5)11-10-17-4;/h6-9,17H,10-12H2,1-5H3;1H. The quantitative estimate of drug-likeness (QED) is 0.813. The molecule has 3 nitrogen and oxygen atoms in total. The van der Waals surface area contributed by atoms with Gasteiger partial charge in [-0.15, -0.1) is 24.2 Å². The molecule has 0 atom stereocenters. The van der Waals surface area contributed by atoms with E-state index in [1.165, 1.54) is 5.56 Å². The van der Waals surface area contributed by atoms with Gasteiger partial charge >= 0.3 is 0 Å². The van der Waals surface area contributed by atoms with E-state index in [0.717, 1.165) is 18.0 Å². The van der Waals surface area contributed by atoms with Gasteiger partial charge in [0, 0.05) is 25.0 Å². The number of hydrogen-bond donors (Lipinski definition) is 1. The van der Waals surface area contributed by atoms with Crippen LogP contribution in [0.3, 0.4) is 0 Å². The van der Waals surface area contributed by atoms with Crippen LogP contribution < -0.4 is 5.32 Å². The van der Waals surface area contributed by atoms with Crippen LogP contribution in [0.4, 0.5) is 0 Å². The summed E-state index contributed by atoms with van der Waals surface area (Å²) in [7, 11) is 3.74. The fourth-order valence-corrected chi connectivity index (χ4v) is 2.55. The Kier molecular flexibility index (Phi) is 9.02. The van der Waals surface area contributed by atoms with E-state index in [2.05, 4.69) is 50.4 Å². The molecule has 0 aliphatic heterocycles. The summed E-state index contributed by atoms with van der Waals surface area (Å²) in [6.45, 7) is 8.19. The molecule has 0 aromatic heterocycles. The Hall–Kier alpha value is -0.710. The highest BCUT2D eigenvalue weighted by atomic mass is 35.5. The number of benzene rings is 1. The molecule has 1 N–H and O–H groups in total. The molecule has 1 aromatic carbocycles. The van der Waals surface area contributed by atoms with Crippen LogP contribution in [0.2, 0.25) is 0 Å². The predicted octanol–water partition coefficient (Wildman–Crippen LogP) is 3.18. The van der Waals surface area contributed by atoms with Gasteiger partial charge in [-0.25, -0.2) is 0 Å². The molecule has 1 aromatic rings. The molecule has 0 saturated carbocycles. The summed E-state index contributed by atoms with van der Waals surface area (Å²) >= 11 is 1.60. The largest absolute Gasteiger partial charge is 0.344 e. The van der Waals surface area contributed by atoms with Crippen molar-refractivity contribution in [1.82, 2.24) is 10.2 Å².